The zero-order valence-corrected chi connectivity index (χ0v) is 11.8. The summed E-state index contributed by atoms with van der Waals surface area (Å²) < 4.78 is 3.71. The van der Waals surface area contributed by atoms with Gasteiger partial charge in [0.1, 0.15) is 0 Å². The van der Waals surface area contributed by atoms with E-state index >= 15 is 0 Å². The molecule has 2 aromatic rings. The van der Waals surface area contributed by atoms with Gasteiger partial charge in [0.15, 0.2) is 0 Å². The lowest BCUT2D eigenvalue weighted by molar-refractivity contribution is 1.43. The number of fused-ring (bicyclic) bond motifs is 1. The molecule has 0 saturated carbocycles. The predicted octanol–water partition coefficient (Wildman–Crippen LogP) is 5.01. The van der Waals surface area contributed by atoms with Crippen LogP contribution < -0.4 is 0 Å². The van der Waals surface area contributed by atoms with Crippen molar-refractivity contribution in [1.82, 2.24) is 0 Å². The van der Waals surface area contributed by atoms with Gasteiger partial charge >= 0.3 is 0 Å². The van der Waals surface area contributed by atoms with Crippen molar-refractivity contribution in [3.05, 3.63) is 31.1 Å². The Kier molecular flexibility index (Phi) is 3.18. The molecule has 0 aliphatic heterocycles. The number of rotatable bonds is 1. The van der Waals surface area contributed by atoms with Crippen LogP contribution >= 0.6 is 61.5 Å². The fraction of sp³-hybridized carbons (Fsp3) is 0.111. The molecule has 0 N–H and O–H groups in total. The topological polar surface area (TPSA) is 0 Å². The Balaban J connectivity index is 2.82. The molecule has 0 nitrogen and oxygen atoms in total. The van der Waals surface area contributed by atoms with Crippen LogP contribution in [0.1, 0.15) is 5.56 Å². The summed E-state index contributed by atoms with van der Waals surface area (Å²) in [6.45, 7) is 0. The van der Waals surface area contributed by atoms with Gasteiger partial charge in [0, 0.05) is 15.1 Å². The summed E-state index contributed by atoms with van der Waals surface area (Å²) in [4.78, 5) is 0. The first-order chi connectivity index (χ1) is 6.22. The molecule has 2 rings (SSSR count). The van der Waals surface area contributed by atoms with Gasteiger partial charge in [-0.1, -0.05) is 22.0 Å². The summed E-state index contributed by atoms with van der Waals surface area (Å²) in [7, 11) is 0. The van der Waals surface area contributed by atoms with E-state index in [1.807, 2.05) is 0 Å². The molecule has 0 fully saturated rings. The SMILES string of the molecule is ClCc1c(Br)ccc2cc(I)sc12. The van der Waals surface area contributed by atoms with Crippen LogP contribution in [0.3, 0.4) is 0 Å². The Morgan fingerprint density at radius 2 is 2.23 bits per heavy atom. The smallest absolute Gasteiger partial charge is 0.0666 e. The van der Waals surface area contributed by atoms with Crippen LogP contribution in [-0.2, 0) is 5.88 Å². The molecule has 0 aliphatic rings. The molecule has 0 saturated heterocycles. The van der Waals surface area contributed by atoms with Crippen molar-refractivity contribution in [2.75, 3.05) is 0 Å². The molecule has 68 valence electrons. The van der Waals surface area contributed by atoms with E-state index in [4.69, 9.17) is 11.6 Å². The van der Waals surface area contributed by atoms with Gasteiger partial charge in [0.25, 0.3) is 0 Å². The van der Waals surface area contributed by atoms with Crippen LogP contribution in [0.2, 0.25) is 0 Å². The van der Waals surface area contributed by atoms with Crippen molar-refractivity contribution in [2.45, 2.75) is 5.88 Å². The second kappa shape index (κ2) is 4.04. The highest BCUT2D eigenvalue weighted by atomic mass is 127. The van der Waals surface area contributed by atoms with Gasteiger partial charge in [0.2, 0.25) is 0 Å². The Bertz CT molecular complexity index is 452. The summed E-state index contributed by atoms with van der Waals surface area (Å²) in [5, 5.41) is 1.29. The average molecular weight is 387 g/mol. The van der Waals surface area contributed by atoms with Gasteiger partial charge in [-0.05, 0) is 45.7 Å². The van der Waals surface area contributed by atoms with Crippen molar-refractivity contribution in [3.63, 3.8) is 0 Å². The molecule has 0 aliphatic carbocycles. The summed E-state index contributed by atoms with van der Waals surface area (Å²) in [6, 6.07) is 6.36. The standard InChI is InChI=1S/C9H5BrClIS/c10-7-2-1-5-3-8(12)13-9(5)6(7)4-11/h1-3H,4H2. The second-order valence-corrected chi connectivity index (χ2v) is 6.70. The molecule has 0 atom stereocenters. The molecular weight excluding hydrogens is 382 g/mol. The first kappa shape index (κ1) is 10.2. The van der Waals surface area contributed by atoms with E-state index < -0.39 is 0 Å². The summed E-state index contributed by atoms with van der Waals surface area (Å²) in [5.41, 5.74) is 1.20. The summed E-state index contributed by atoms with van der Waals surface area (Å²) in [6.07, 6.45) is 0. The molecule has 1 aromatic heterocycles. The maximum Gasteiger partial charge on any atom is 0.0666 e. The summed E-state index contributed by atoms with van der Waals surface area (Å²) in [5.74, 6) is 0.564. The van der Waals surface area contributed by atoms with Crippen molar-refractivity contribution < 1.29 is 0 Å². The van der Waals surface area contributed by atoms with Gasteiger partial charge in [-0.3, -0.25) is 0 Å². The van der Waals surface area contributed by atoms with Crippen LogP contribution in [0.15, 0.2) is 22.7 Å². The highest BCUT2D eigenvalue weighted by molar-refractivity contribution is 14.1. The lowest BCUT2D eigenvalue weighted by Crippen LogP contribution is -1.79. The lowest BCUT2D eigenvalue weighted by atomic mass is 10.2. The number of hydrogen-bond donors (Lipinski definition) is 0. The molecular formula is C9H5BrClIS. The van der Waals surface area contributed by atoms with E-state index in [0.29, 0.717) is 5.88 Å². The van der Waals surface area contributed by atoms with Crippen LogP contribution in [0.4, 0.5) is 0 Å². The number of hydrogen-bond acceptors (Lipinski definition) is 1. The van der Waals surface area contributed by atoms with Crippen LogP contribution in [0, 0.1) is 2.88 Å². The van der Waals surface area contributed by atoms with E-state index in [-0.39, 0.29) is 0 Å². The number of alkyl halides is 1. The molecule has 4 heteroatoms. The maximum absolute atomic E-state index is 5.89. The number of halogens is 3. The van der Waals surface area contributed by atoms with E-state index in [1.165, 1.54) is 18.5 Å². The molecule has 0 radical (unpaired) electrons. The second-order valence-electron chi connectivity index (χ2n) is 2.63. The third-order valence-electron chi connectivity index (χ3n) is 1.84. The molecule has 0 bridgehead atoms. The van der Waals surface area contributed by atoms with Gasteiger partial charge < -0.3 is 0 Å². The highest BCUT2D eigenvalue weighted by Gasteiger charge is 2.07. The van der Waals surface area contributed by atoms with Crippen molar-refractivity contribution in [2.24, 2.45) is 0 Å². The van der Waals surface area contributed by atoms with Crippen LogP contribution in [0.5, 0.6) is 0 Å². The van der Waals surface area contributed by atoms with Gasteiger partial charge in [-0.15, -0.1) is 22.9 Å². The minimum atomic E-state index is 0.564. The van der Waals surface area contributed by atoms with Gasteiger partial charge in [-0.25, -0.2) is 0 Å². The summed E-state index contributed by atoms with van der Waals surface area (Å²) >= 11 is 13.5. The average Bonchev–Trinajstić information content (AvgIpc) is 2.45. The zero-order valence-electron chi connectivity index (χ0n) is 6.48. The zero-order chi connectivity index (χ0) is 9.42. The number of benzene rings is 1. The van der Waals surface area contributed by atoms with Gasteiger partial charge in [-0.2, -0.15) is 0 Å². The maximum atomic E-state index is 5.89. The van der Waals surface area contributed by atoms with E-state index in [1.54, 1.807) is 11.3 Å². The van der Waals surface area contributed by atoms with Crippen molar-refractivity contribution >= 4 is 71.5 Å². The van der Waals surface area contributed by atoms with E-state index in [9.17, 15) is 0 Å². The molecule has 1 heterocycles. The minimum Gasteiger partial charge on any atom is -0.129 e. The first-order valence-electron chi connectivity index (χ1n) is 3.65. The molecule has 0 unspecified atom stereocenters. The van der Waals surface area contributed by atoms with Crippen LogP contribution in [-0.4, -0.2) is 0 Å². The first-order valence-corrected chi connectivity index (χ1v) is 6.87. The largest absolute Gasteiger partial charge is 0.129 e. The quantitative estimate of drug-likeness (QED) is 0.477. The predicted molar refractivity (Wildman–Crippen MR) is 71.8 cm³/mol. The molecule has 0 amide bonds. The van der Waals surface area contributed by atoms with Crippen molar-refractivity contribution in [1.29, 1.82) is 0 Å². The molecule has 13 heavy (non-hydrogen) atoms. The normalized spacial score (nSPS) is 11.0. The van der Waals surface area contributed by atoms with E-state index in [0.717, 1.165) is 4.47 Å². The minimum absolute atomic E-state index is 0.564. The Hall–Kier alpha value is 0.680. The fourth-order valence-electron chi connectivity index (χ4n) is 1.23. The van der Waals surface area contributed by atoms with Crippen LogP contribution in [0.25, 0.3) is 10.1 Å². The van der Waals surface area contributed by atoms with Gasteiger partial charge in [0.05, 0.1) is 2.88 Å². The third kappa shape index (κ3) is 1.89. The molecule has 1 aromatic carbocycles. The van der Waals surface area contributed by atoms with E-state index in [2.05, 4.69) is 56.7 Å². The number of thiophene rings is 1. The third-order valence-corrected chi connectivity index (χ3v) is 4.82. The highest BCUT2D eigenvalue weighted by Crippen LogP contribution is 2.34. The molecule has 0 spiro atoms. The monoisotopic (exact) mass is 386 g/mol. The Labute approximate surface area is 108 Å². The Morgan fingerprint density at radius 1 is 1.46 bits per heavy atom. The fourth-order valence-corrected chi connectivity index (χ4v) is 4.28. The van der Waals surface area contributed by atoms with Crippen molar-refractivity contribution in [3.8, 4) is 0 Å². The lowest BCUT2D eigenvalue weighted by Gasteiger charge is -2.00. The Morgan fingerprint density at radius 3 is 2.92 bits per heavy atom.